The van der Waals surface area contributed by atoms with Gasteiger partial charge in [0.25, 0.3) is 0 Å². The molecule has 0 saturated carbocycles. The quantitative estimate of drug-likeness (QED) is 0.790. The predicted molar refractivity (Wildman–Crippen MR) is 89.1 cm³/mol. The maximum atomic E-state index is 10.3. The molecular formula is C18H22O2S. The van der Waals surface area contributed by atoms with Crippen LogP contribution in [0.1, 0.15) is 31.1 Å². The zero-order valence-electron chi connectivity index (χ0n) is 12.7. The van der Waals surface area contributed by atoms with Gasteiger partial charge in [0.15, 0.2) is 0 Å². The number of aryl methyl sites for hydroxylation is 1. The van der Waals surface area contributed by atoms with Gasteiger partial charge in [-0.3, -0.25) is 0 Å². The van der Waals surface area contributed by atoms with Crippen molar-refractivity contribution in [2.75, 3.05) is 5.75 Å². The van der Waals surface area contributed by atoms with Crippen molar-refractivity contribution in [2.45, 2.75) is 37.9 Å². The van der Waals surface area contributed by atoms with E-state index in [4.69, 9.17) is 4.74 Å². The summed E-state index contributed by atoms with van der Waals surface area (Å²) in [5.74, 6) is 1.49. The first-order valence-electron chi connectivity index (χ1n) is 7.19. The minimum Gasteiger partial charge on any atom is -0.491 e. The summed E-state index contributed by atoms with van der Waals surface area (Å²) in [6.45, 7) is 6.09. The van der Waals surface area contributed by atoms with Gasteiger partial charge < -0.3 is 9.84 Å². The fraction of sp³-hybridized carbons (Fsp3) is 0.333. The SMILES string of the molecule is Cc1ccccc1SCC(O)c1ccc(OC(C)C)cc1. The average molecular weight is 302 g/mol. The molecule has 2 nitrogen and oxygen atoms in total. The molecule has 2 rings (SSSR count). The first-order valence-corrected chi connectivity index (χ1v) is 8.18. The predicted octanol–water partition coefficient (Wildman–Crippen LogP) is 4.61. The molecule has 0 aliphatic rings. The molecule has 0 radical (unpaired) electrons. The van der Waals surface area contributed by atoms with E-state index in [0.29, 0.717) is 5.75 Å². The maximum Gasteiger partial charge on any atom is 0.119 e. The van der Waals surface area contributed by atoms with Gasteiger partial charge >= 0.3 is 0 Å². The van der Waals surface area contributed by atoms with E-state index in [1.165, 1.54) is 10.5 Å². The molecule has 2 aromatic rings. The van der Waals surface area contributed by atoms with Crippen LogP contribution in [-0.4, -0.2) is 17.0 Å². The molecule has 2 aromatic carbocycles. The van der Waals surface area contributed by atoms with Crippen LogP contribution in [0.5, 0.6) is 5.75 Å². The molecule has 21 heavy (non-hydrogen) atoms. The number of aliphatic hydroxyl groups excluding tert-OH is 1. The Morgan fingerprint density at radius 3 is 2.33 bits per heavy atom. The van der Waals surface area contributed by atoms with Crippen LogP contribution in [-0.2, 0) is 0 Å². The van der Waals surface area contributed by atoms with Gasteiger partial charge in [-0.1, -0.05) is 30.3 Å². The van der Waals surface area contributed by atoms with Gasteiger partial charge in [-0.2, -0.15) is 0 Å². The highest BCUT2D eigenvalue weighted by atomic mass is 32.2. The topological polar surface area (TPSA) is 29.5 Å². The highest BCUT2D eigenvalue weighted by Crippen LogP contribution is 2.27. The van der Waals surface area contributed by atoms with E-state index in [-0.39, 0.29) is 6.10 Å². The second-order valence-corrected chi connectivity index (χ2v) is 6.39. The molecule has 3 heteroatoms. The molecule has 0 aliphatic carbocycles. The number of ether oxygens (including phenoxy) is 1. The summed E-state index contributed by atoms with van der Waals surface area (Å²) in [6.07, 6.45) is -0.305. The normalized spacial score (nSPS) is 12.4. The first kappa shape index (κ1) is 15.9. The fourth-order valence-corrected chi connectivity index (χ4v) is 3.02. The Bertz CT molecular complexity index is 564. The lowest BCUT2D eigenvalue weighted by molar-refractivity contribution is 0.203. The van der Waals surface area contributed by atoms with Crippen LogP contribution in [0, 0.1) is 6.92 Å². The Morgan fingerprint density at radius 2 is 1.71 bits per heavy atom. The Labute approximate surface area is 131 Å². The standard InChI is InChI=1S/C18H22O2S/c1-13(2)20-16-10-8-15(9-11-16)17(19)12-21-18-7-5-4-6-14(18)3/h4-11,13,17,19H,12H2,1-3H3. The van der Waals surface area contributed by atoms with E-state index >= 15 is 0 Å². The van der Waals surface area contributed by atoms with Crippen LogP contribution in [0.4, 0.5) is 0 Å². The zero-order chi connectivity index (χ0) is 15.2. The van der Waals surface area contributed by atoms with Crippen LogP contribution >= 0.6 is 11.8 Å². The minimum atomic E-state index is -0.470. The lowest BCUT2D eigenvalue weighted by Gasteiger charge is -2.14. The molecule has 0 spiro atoms. The van der Waals surface area contributed by atoms with E-state index in [1.807, 2.05) is 50.2 Å². The second-order valence-electron chi connectivity index (χ2n) is 5.33. The summed E-state index contributed by atoms with van der Waals surface area (Å²) in [5, 5.41) is 10.3. The van der Waals surface area contributed by atoms with Gasteiger partial charge in [-0.25, -0.2) is 0 Å². The number of thioether (sulfide) groups is 1. The third kappa shape index (κ3) is 4.80. The van der Waals surface area contributed by atoms with Crippen LogP contribution in [0.2, 0.25) is 0 Å². The molecule has 0 heterocycles. The smallest absolute Gasteiger partial charge is 0.119 e. The molecule has 1 N–H and O–H groups in total. The number of benzene rings is 2. The largest absolute Gasteiger partial charge is 0.491 e. The number of hydrogen-bond donors (Lipinski definition) is 1. The molecule has 0 aliphatic heterocycles. The van der Waals surface area contributed by atoms with Crippen molar-refractivity contribution in [1.29, 1.82) is 0 Å². The molecule has 1 unspecified atom stereocenters. The first-order chi connectivity index (χ1) is 10.1. The zero-order valence-corrected chi connectivity index (χ0v) is 13.6. The molecule has 0 aromatic heterocycles. The summed E-state index contributed by atoms with van der Waals surface area (Å²) in [7, 11) is 0. The lowest BCUT2D eigenvalue weighted by atomic mass is 10.1. The Balaban J connectivity index is 1.94. The van der Waals surface area contributed by atoms with E-state index in [0.717, 1.165) is 11.3 Å². The Kier molecular flexibility index (Phi) is 5.71. The molecule has 0 amide bonds. The highest BCUT2D eigenvalue weighted by Gasteiger charge is 2.09. The van der Waals surface area contributed by atoms with Crippen LogP contribution in [0.3, 0.4) is 0 Å². The van der Waals surface area contributed by atoms with Gasteiger partial charge in [-0.15, -0.1) is 11.8 Å². The molecule has 1 atom stereocenters. The van der Waals surface area contributed by atoms with E-state index < -0.39 is 6.10 Å². The molecule has 0 saturated heterocycles. The molecule has 0 bridgehead atoms. The fourth-order valence-electron chi connectivity index (χ4n) is 2.02. The van der Waals surface area contributed by atoms with E-state index in [1.54, 1.807) is 11.8 Å². The Hall–Kier alpha value is -1.45. The van der Waals surface area contributed by atoms with Crippen LogP contribution in [0.15, 0.2) is 53.4 Å². The van der Waals surface area contributed by atoms with Crippen LogP contribution in [0.25, 0.3) is 0 Å². The van der Waals surface area contributed by atoms with Crippen molar-refractivity contribution in [3.05, 3.63) is 59.7 Å². The van der Waals surface area contributed by atoms with Gasteiger partial charge in [0.2, 0.25) is 0 Å². The van der Waals surface area contributed by atoms with Crippen molar-refractivity contribution in [3.63, 3.8) is 0 Å². The van der Waals surface area contributed by atoms with Crippen molar-refractivity contribution in [1.82, 2.24) is 0 Å². The second kappa shape index (κ2) is 7.53. The minimum absolute atomic E-state index is 0.164. The lowest BCUT2D eigenvalue weighted by Crippen LogP contribution is -2.06. The number of aliphatic hydroxyl groups is 1. The summed E-state index contributed by atoms with van der Waals surface area (Å²) < 4.78 is 5.61. The molecular weight excluding hydrogens is 280 g/mol. The summed E-state index contributed by atoms with van der Waals surface area (Å²) in [6, 6.07) is 15.9. The average Bonchev–Trinajstić information content (AvgIpc) is 2.46. The number of hydrogen-bond acceptors (Lipinski definition) is 3. The van der Waals surface area contributed by atoms with Crippen molar-refractivity contribution < 1.29 is 9.84 Å². The summed E-state index contributed by atoms with van der Waals surface area (Å²) >= 11 is 1.68. The van der Waals surface area contributed by atoms with Gasteiger partial charge in [-0.05, 0) is 50.1 Å². The summed E-state index contributed by atoms with van der Waals surface area (Å²) in [4.78, 5) is 1.22. The van der Waals surface area contributed by atoms with Gasteiger partial charge in [0.05, 0.1) is 12.2 Å². The monoisotopic (exact) mass is 302 g/mol. The number of rotatable bonds is 6. The third-order valence-corrected chi connectivity index (χ3v) is 4.38. The van der Waals surface area contributed by atoms with E-state index in [2.05, 4.69) is 19.1 Å². The highest BCUT2D eigenvalue weighted by molar-refractivity contribution is 7.99. The summed E-state index contributed by atoms with van der Waals surface area (Å²) in [5.41, 5.74) is 2.17. The van der Waals surface area contributed by atoms with Crippen molar-refractivity contribution in [2.24, 2.45) is 0 Å². The molecule has 0 fully saturated rings. The Morgan fingerprint density at radius 1 is 1.05 bits per heavy atom. The van der Waals surface area contributed by atoms with Crippen molar-refractivity contribution in [3.8, 4) is 5.75 Å². The third-order valence-electron chi connectivity index (χ3n) is 3.13. The van der Waals surface area contributed by atoms with Gasteiger partial charge in [0, 0.05) is 10.6 Å². The van der Waals surface area contributed by atoms with Crippen LogP contribution < -0.4 is 4.74 Å². The van der Waals surface area contributed by atoms with E-state index in [9.17, 15) is 5.11 Å². The van der Waals surface area contributed by atoms with Gasteiger partial charge in [0.1, 0.15) is 5.75 Å². The maximum absolute atomic E-state index is 10.3. The molecule has 112 valence electrons. The van der Waals surface area contributed by atoms with Crippen molar-refractivity contribution >= 4 is 11.8 Å².